The molecular weight excluding hydrogens is 280 g/mol. The Bertz CT molecular complexity index is 408. The van der Waals surface area contributed by atoms with Gasteiger partial charge in [0.1, 0.15) is 0 Å². The van der Waals surface area contributed by atoms with Crippen LogP contribution in [0.15, 0.2) is 28.7 Å². The molecule has 1 aromatic carbocycles. The molecule has 92 valence electrons. The Hall–Kier alpha value is -0.870. The van der Waals surface area contributed by atoms with Crippen molar-refractivity contribution in [3.05, 3.63) is 34.3 Å². The second-order valence-electron chi connectivity index (χ2n) is 4.36. The van der Waals surface area contributed by atoms with E-state index in [1.165, 1.54) is 0 Å². The number of carbonyl (C=O) groups excluding carboxylic acids is 1. The number of hydrogen-bond donors (Lipinski definition) is 1. The minimum absolute atomic E-state index is 0.123. The predicted molar refractivity (Wildman–Crippen MR) is 72.1 cm³/mol. The van der Waals surface area contributed by atoms with Crippen LogP contribution in [-0.4, -0.2) is 37.0 Å². The van der Waals surface area contributed by atoms with Gasteiger partial charge in [-0.1, -0.05) is 12.1 Å². The summed E-state index contributed by atoms with van der Waals surface area (Å²) in [5, 5.41) is 3.25. The standard InChI is InChI=1S/C13H17BrN2O/c1-15-10-5-4-8-16(9-10)13(17)11-6-2-3-7-12(11)14/h2-3,6-7,10,15H,4-5,8-9H2,1H3. The van der Waals surface area contributed by atoms with Crippen molar-refractivity contribution < 1.29 is 4.79 Å². The Balaban J connectivity index is 2.12. The van der Waals surface area contributed by atoms with E-state index in [1.807, 2.05) is 36.2 Å². The molecule has 0 aliphatic carbocycles. The van der Waals surface area contributed by atoms with E-state index in [-0.39, 0.29) is 5.91 Å². The number of nitrogens with one attached hydrogen (secondary N) is 1. The first kappa shape index (κ1) is 12.6. The summed E-state index contributed by atoms with van der Waals surface area (Å²) < 4.78 is 0.872. The van der Waals surface area contributed by atoms with E-state index >= 15 is 0 Å². The number of likely N-dealkylation sites (tertiary alicyclic amines) is 1. The van der Waals surface area contributed by atoms with Gasteiger partial charge >= 0.3 is 0 Å². The summed E-state index contributed by atoms with van der Waals surface area (Å²) in [6, 6.07) is 8.03. The first-order valence-electron chi connectivity index (χ1n) is 5.93. The average Bonchev–Trinajstić information content (AvgIpc) is 2.38. The van der Waals surface area contributed by atoms with E-state index < -0.39 is 0 Å². The van der Waals surface area contributed by atoms with Gasteiger partial charge in [0.05, 0.1) is 5.56 Å². The van der Waals surface area contributed by atoms with E-state index in [0.29, 0.717) is 6.04 Å². The molecule has 1 amide bonds. The molecule has 1 saturated heterocycles. The molecule has 0 aromatic heterocycles. The molecule has 0 bridgehead atoms. The lowest BCUT2D eigenvalue weighted by molar-refractivity contribution is 0.0697. The maximum atomic E-state index is 12.4. The third-order valence-electron chi connectivity index (χ3n) is 3.22. The molecule has 1 aliphatic rings. The summed E-state index contributed by atoms with van der Waals surface area (Å²) in [7, 11) is 1.96. The van der Waals surface area contributed by atoms with Crippen molar-refractivity contribution in [3.63, 3.8) is 0 Å². The minimum Gasteiger partial charge on any atom is -0.337 e. The van der Waals surface area contributed by atoms with Gasteiger partial charge in [-0.15, -0.1) is 0 Å². The van der Waals surface area contributed by atoms with Crippen LogP contribution >= 0.6 is 15.9 Å². The Morgan fingerprint density at radius 3 is 2.94 bits per heavy atom. The second-order valence-corrected chi connectivity index (χ2v) is 5.21. The second kappa shape index (κ2) is 5.65. The van der Waals surface area contributed by atoms with E-state index in [4.69, 9.17) is 0 Å². The van der Waals surface area contributed by atoms with Crippen molar-refractivity contribution >= 4 is 21.8 Å². The predicted octanol–water partition coefficient (Wildman–Crippen LogP) is 2.27. The molecule has 4 heteroatoms. The quantitative estimate of drug-likeness (QED) is 0.908. The van der Waals surface area contributed by atoms with Gasteiger partial charge in [-0.05, 0) is 48.0 Å². The maximum Gasteiger partial charge on any atom is 0.255 e. The first-order valence-corrected chi connectivity index (χ1v) is 6.72. The summed E-state index contributed by atoms with van der Waals surface area (Å²) in [6.45, 7) is 1.66. The van der Waals surface area contributed by atoms with Crippen LogP contribution in [0.5, 0.6) is 0 Å². The average molecular weight is 297 g/mol. The summed E-state index contributed by atoms with van der Waals surface area (Å²) >= 11 is 3.43. The number of carbonyl (C=O) groups is 1. The Kier molecular flexibility index (Phi) is 4.18. The first-order chi connectivity index (χ1) is 8.22. The highest BCUT2D eigenvalue weighted by molar-refractivity contribution is 9.10. The molecule has 1 atom stereocenters. The third-order valence-corrected chi connectivity index (χ3v) is 3.91. The fourth-order valence-electron chi connectivity index (χ4n) is 2.20. The molecule has 3 nitrogen and oxygen atoms in total. The number of benzene rings is 1. The van der Waals surface area contributed by atoms with Crippen molar-refractivity contribution in [2.24, 2.45) is 0 Å². The smallest absolute Gasteiger partial charge is 0.255 e. The van der Waals surface area contributed by atoms with Gasteiger partial charge in [-0.25, -0.2) is 0 Å². The molecule has 1 heterocycles. The zero-order chi connectivity index (χ0) is 12.3. The summed E-state index contributed by atoms with van der Waals surface area (Å²) in [5.74, 6) is 0.123. The summed E-state index contributed by atoms with van der Waals surface area (Å²) in [5.41, 5.74) is 0.754. The van der Waals surface area contributed by atoms with Crippen molar-refractivity contribution in [3.8, 4) is 0 Å². The Labute approximate surface area is 110 Å². The maximum absolute atomic E-state index is 12.4. The monoisotopic (exact) mass is 296 g/mol. The van der Waals surface area contributed by atoms with E-state index in [9.17, 15) is 4.79 Å². The van der Waals surface area contributed by atoms with E-state index in [2.05, 4.69) is 21.2 Å². The zero-order valence-electron chi connectivity index (χ0n) is 9.95. The molecule has 1 aliphatic heterocycles. The van der Waals surface area contributed by atoms with Crippen molar-refractivity contribution in [1.29, 1.82) is 0 Å². The fourth-order valence-corrected chi connectivity index (χ4v) is 2.66. The Morgan fingerprint density at radius 1 is 1.47 bits per heavy atom. The topological polar surface area (TPSA) is 32.3 Å². The highest BCUT2D eigenvalue weighted by atomic mass is 79.9. The van der Waals surface area contributed by atoms with Crippen LogP contribution in [0.25, 0.3) is 0 Å². The number of amides is 1. The van der Waals surface area contributed by atoms with Crippen LogP contribution in [-0.2, 0) is 0 Å². The molecule has 0 spiro atoms. The van der Waals surface area contributed by atoms with Gasteiger partial charge in [0.25, 0.3) is 5.91 Å². The highest BCUT2D eigenvalue weighted by Crippen LogP contribution is 2.20. The molecule has 1 N–H and O–H groups in total. The summed E-state index contributed by atoms with van der Waals surface area (Å²) in [6.07, 6.45) is 2.22. The van der Waals surface area contributed by atoms with Gasteiger partial charge in [0, 0.05) is 23.6 Å². The van der Waals surface area contributed by atoms with Crippen molar-refractivity contribution in [2.75, 3.05) is 20.1 Å². The largest absolute Gasteiger partial charge is 0.337 e. The zero-order valence-corrected chi connectivity index (χ0v) is 11.5. The lowest BCUT2D eigenvalue weighted by Gasteiger charge is -2.32. The van der Waals surface area contributed by atoms with Gasteiger partial charge < -0.3 is 10.2 Å². The molecule has 17 heavy (non-hydrogen) atoms. The molecule has 1 unspecified atom stereocenters. The molecular formula is C13H17BrN2O. The van der Waals surface area contributed by atoms with Crippen LogP contribution in [0, 0.1) is 0 Å². The van der Waals surface area contributed by atoms with Crippen LogP contribution in [0.1, 0.15) is 23.2 Å². The number of nitrogens with zero attached hydrogens (tertiary/aromatic N) is 1. The SMILES string of the molecule is CNC1CCCN(C(=O)c2ccccc2Br)C1. The van der Waals surface area contributed by atoms with Crippen LogP contribution in [0.2, 0.25) is 0 Å². The molecule has 0 saturated carbocycles. The van der Waals surface area contributed by atoms with Gasteiger partial charge in [-0.2, -0.15) is 0 Å². The Morgan fingerprint density at radius 2 is 2.24 bits per heavy atom. The van der Waals surface area contributed by atoms with Crippen LogP contribution in [0.3, 0.4) is 0 Å². The third kappa shape index (κ3) is 2.87. The lowest BCUT2D eigenvalue weighted by atomic mass is 10.0. The summed E-state index contributed by atoms with van der Waals surface area (Å²) in [4.78, 5) is 14.3. The number of piperidine rings is 1. The van der Waals surface area contributed by atoms with Crippen molar-refractivity contribution in [1.82, 2.24) is 10.2 Å². The number of hydrogen-bond acceptors (Lipinski definition) is 2. The van der Waals surface area contributed by atoms with Crippen LogP contribution < -0.4 is 5.32 Å². The molecule has 0 radical (unpaired) electrons. The van der Waals surface area contributed by atoms with Gasteiger partial charge in [-0.3, -0.25) is 4.79 Å². The number of rotatable bonds is 2. The van der Waals surface area contributed by atoms with Gasteiger partial charge in [0.2, 0.25) is 0 Å². The highest BCUT2D eigenvalue weighted by Gasteiger charge is 2.24. The van der Waals surface area contributed by atoms with E-state index in [0.717, 1.165) is 36.0 Å². The van der Waals surface area contributed by atoms with Gasteiger partial charge in [0.15, 0.2) is 0 Å². The van der Waals surface area contributed by atoms with E-state index in [1.54, 1.807) is 0 Å². The van der Waals surface area contributed by atoms with Crippen LogP contribution in [0.4, 0.5) is 0 Å². The normalized spacial score (nSPS) is 20.4. The fraction of sp³-hybridized carbons (Fsp3) is 0.462. The number of halogens is 1. The lowest BCUT2D eigenvalue weighted by Crippen LogP contribution is -2.47. The van der Waals surface area contributed by atoms with Crippen molar-refractivity contribution in [2.45, 2.75) is 18.9 Å². The molecule has 1 aromatic rings. The molecule has 1 fully saturated rings. The number of likely N-dealkylation sites (N-methyl/N-ethyl adjacent to an activating group) is 1. The molecule has 2 rings (SSSR count). The minimum atomic E-state index is 0.123.